The largest absolute Gasteiger partial charge is 0.472 e. The number of phosphoric acid groups is 1. The fraction of sp³-hybridized carbons (Fsp3) is 0.744. The highest BCUT2D eigenvalue weighted by Gasteiger charge is 2.51. The van der Waals surface area contributed by atoms with Crippen molar-refractivity contribution >= 4 is 19.8 Å². The van der Waals surface area contributed by atoms with Crippen molar-refractivity contribution in [3.8, 4) is 0 Å². The highest BCUT2D eigenvalue weighted by atomic mass is 31.2. The van der Waals surface area contributed by atoms with Crippen LogP contribution in [0.3, 0.4) is 0 Å². The van der Waals surface area contributed by atoms with Gasteiger partial charge in [-0.3, -0.25) is 18.6 Å². The second-order valence-corrected chi connectivity index (χ2v) is 14.8. The van der Waals surface area contributed by atoms with Crippen LogP contribution in [-0.2, 0) is 32.7 Å². The van der Waals surface area contributed by atoms with Crippen molar-refractivity contribution in [1.29, 1.82) is 0 Å². The van der Waals surface area contributed by atoms with Gasteiger partial charge in [-0.05, 0) is 51.4 Å². The van der Waals surface area contributed by atoms with Crippen LogP contribution >= 0.6 is 7.82 Å². The predicted octanol–water partition coefficient (Wildman–Crippen LogP) is 6.05. The van der Waals surface area contributed by atoms with E-state index in [1.165, 1.54) is 32.1 Å². The fourth-order valence-corrected chi connectivity index (χ4v) is 6.48. The van der Waals surface area contributed by atoms with Gasteiger partial charge in [0.2, 0.25) is 0 Å². The van der Waals surface area contributed by atoms with Gasteiger partial charge in [0.15, 0.2) is 6.10 Å². The van der Waals surface area contributed by atoms with Crippen LogP contribution in [0.5, 0.6) is 0 Å². The average molecular weight is 775 g/mol. The molecule has 306 valence electrons. The minimum Gasteiger partial charge on any atom is -0.462 e. The van der Waals surface area contributed by atoms with E-state index in [0.29, 0.717) is 12.8 Å². The number of allylic oxidation sites excluding steroid dienone is 8. The third kappa shape index (κ3) is 23.4. The third-order valence-corrected chi connectivity index (χ3v) is 9.67. The molecule has 0 aliphatic heterocycles. The molecule has 14 heteroatoms. The van der Waals surface area contributed by atoms with E-state index in [4.69, 9.17) is 18.5 Å². The fourth-order valence-electron chi connectivity index (χ4n) is 5.51. The molecule has 0 saturated heterocycles. The summed E-state index contributed by atoms with van der Waals surface area (Å²) in [4.78, 5) is 35.4. The van der Waals surface area contributed by atoms with Gasteiger partial charge in [-0.15, -0.1) is 0 Å². The van der Waals surface area contributed by atoms with Gasteiger partial charge < -0.3 is 39.9 Å². The molecular formula is C39H67O13P. The Kier molecular flexibility index (Phi) is 27.7. The van der Waals surface area contributed by atoms with Crippen LogP contribution in [0.4, 0.5) is 0 Å². The Bertz CT molecular complexity index is 1120. The first-order valence-corrected chi connectivity index (χ1v) is 20.9. The summed E-state index contributed by atoms with van der Waals surface area (Å²) in [5, 5.41) is 49.9. The monoisotopic (exact) mass is 774 g/mol. The maximum absolute atomic E-state index is 12.7. The van der Waals surface area contributed by atoms with Crippen molar-refractivity contribution in [2.45, 2.75) is 172 Å². The second-order valence-electron chi connectivity index (χ2n) is 13.4. The molecule has 53 heavy (non-hydrogen) atoms. The van der Waals surface area contributed by atoms with E-state index in [1.54, 1.807) is 0 Å². The maximum Gasteiger partial charge on any atom is 0.472 e. The Morgan fingerprint density at radius 2 is 1.08 bits per heavy atom. The molecule has 0 radical (unpaired) electrons. The lowest BCUT2D eigenvalue weighted by molar-refractivity contribution is -0.220. The van der Waals surface area contributed by atoms with Crippen LogP contribution in [0.1, 0.15) is 129 Å². The average Bonchev–Trinajstić information content (AvgIpc) is 3.13. The van der Waals surface area contributed by atoms with E-state index >= 15 is 0 Å². The molecule has 1 aliphatic carbocycles. The molecule has 0 spiro atoms. The third-order valence-electron chi connectivity index (χ3n) is 8.68. The van der Waals surface area contributed by atoms with E-state index < -0.39 is 75.7 Å². The number of unbranched alkanes of at least 4 members (excludes halogenated alkanes) is 10. The van der Waals surface area contributed by atoms with E-state index in [0.717, 1.165) is 57.8 Å². The van der Waals surface area contributed by atoms with E-state index in [2.05, 4.69) is 56.4 Å². The summed E-state index contributed by atoms with van der Waals surface area (Å²) in [6, 6.07) is 0. The molecule has 1 aliphatic rings. The maximum atomic E-state index is 12.7. The van der Waals surface area contributed by atoms with Gasteiger partial charge in [0.1, 0.15) is 43.2 Å². The topological polar surface area (TPSA) is 210 Å². The number of carbonyl (C=O) groups excluding carboxylic acids is 2. The predicted molar refractivity (Wildman–Crippen MR) is 203 cm³/mol. The van der Waals surface area contributed by atoms with Gasteiger partial charge in [0, 0.05) is 12.8 Å². The molecule has 0 aromatic carbocycles. The molecule has 6 N–H and O–H groups in total. The molecule has 1 rings (SSSR count). The Morgan fingerprint density at radius 1 is 0.604 bits per heavy atom. The molecule has 0 heterocycles. The highest BCUT2D eigenvalue weighted by Crippen LogP contribution is 2.47. The summed E-state index contributed by atoms with van der Waals surface area (Å²) in [5.74, 6) is -1.16. The van der Waals surface area contributed by atoms with Crippen LogP contribution in [0.25, 0.3) is 0 Å². The first kappa shape index (κ1) is 48.8. The standard InChI is InChI=1S/C39H67O13P/c1-3-5-7-9-11-13-14-15-16-17-18-20-22-24-26-28-33(41)51-31(29-49-32(40)27-25-23-21-19-12-10-8-6-4-2)30-50-53(47,48)52-39-37(45)35(43)34(42)36(44)38(39)46/h5,7,11,13,15-16,18,20,31,34-39,42-46H,3-4,6,8-10,12,14,17,19,21-30H2,1-2H3,(H,47,48)/b7-5-,13-11-,16-15-,20-18-. The molecule has 0 bridgehead atoms. The van der Waals surface area contributed by atoms with Crippen LogP contribution in [0.15, 0.2) is 48.6 Å². The van der Waals surface area contributed by atoms with E-state index in [1.807, 2.05) is 6.08 Å². The highest BCUT2D eigenvalue weighted by molar-refractivity contribution is 7.47. The SMILES string of the molecule is CC/C=C\C/C=C\C/C=C\C/C=C\CCCCC(=O)OC(COC(=O)CCCCCCCCCCC)COP(=O)(O)OC1C(O)C(O)C(O)C(O)C1O. The number of phosphoric ester groups is 1. The summed E-state index contributed by atoms with van der Waals surface area (Å²) in [7, 11) is -5.12. The zero-order valence-corrected chi connectivity index (χ0v) is 32.7. The van der Waals surface area contributed by atoms with Gasteiger partial charge in [0.05, 0.1) is 6.61 Å². The Hall–Kier alpha value is -2.19. The number of hydrogen-bond acceptors (Lipinski definition) is 12. The molecule has 0 amide bonds. The van der Waals surface area contributed by atoms with E-state index in [9.17, 15) is 44.6 Å². The minimum absolute atomic E-state index is 0.0439. The number of aliphatic hydroxyl groups excluding tert-OH is 5. The normalized spacial score (nSPS) is 24.0. The summed E-state index contributed by atoms with van der Waals surface area (Å²) < 4.78 is 33.2. The smallest absolute Gasteiger partial charge is 0.462 e. The molecule has 13 nitrogen and oxygen atoms in total. The lowest BCUT2D eigenvalue weighted by Crippen LogP contribution is -2.64. The number of aliphatic hydroxyl groups is 5. The van der Waals surface area contributed by atoms with Crippen molar-refractivity contribution in [2.75, 3.05) is 13.2 Å². The molecule has 6 unspecified atom stereocenters. The van der Waals surface area contributed by atoms with Gasteiger partial charge in [-0.1, -0.05) is 114 Å². The molecule has 0 aromatic rings. The van der Waals surface area contributed by atoms with Gasteiger partial charge in [-0.2, -0.15) is 0 Å². The lowest BCUT2D eigenvalue weighted by Gasteiger charge is -2.41. The van der Waals surface area contributed by atoms with Crippen molar-refractivity contribution in [1.82, 2.24) is 0 Å². The van der Waals surface area contributed by atoms with Crippen molar-refractivity contribution < 1.29 is 63.1 Å². The van der Waals surface area contributed by atoms with E-state index in [-0.39, 0.29) is 12.8 Å². The number of esters is 2. The van der Waals surface area contributed by atoms with Gasteiger partial charge in [0.25, 0.3) is 0 Å². The molecule has 1 saturated carbocycles. The lowest BCUT2D eigenvalue weighted by atomic mass is 9.85. The number of hydrogen-bond donors (Lipinski definition) is 6. The second kappa shape index (κ2) is 30.1. The van der Waals surface area contributed by atoms with Crippen molar-refractivity contribution in [3.05, 3.63) is 48.6 Å². The Morgan fingerprint density at radius 3 is 1.64 bits per heavy atom. The van der Waals surface area contributed by atoms with Crippen LogP contribution in [-0.4, -0.2) is 98.3 Å². The zero-order chi connectivity index (χ0) is 39.3. The number of carbonyl (C=O) groups is 2. The number of rotatable bonds is 30. The molecule has 6 atom stereocenters. The Balaban J connectivity index is 2.58. The minimum atomic E-state index is -5.12. The summed E-state index contributed by atoms with van der Waals surface area (Å²) in [6.07, 6.45) is 19.2. The van der Waals surface area contributed by atoms with Crippen molar-refractivity contribution in [3.63, 3.8) is 0 Å². The molecule has 1 fully saturated rings. The van der Waals surface area contributed by atoms with Crippen LogP contribution in [0, 0.1) is 0 Å². The number of ether oxygens (including phenoxy) is 2. The van der Waals surface area contributed by atoms with Gasteiger partial charge >= 0.3 is 19.8 Å². The first-order chi connectivity index (χ1) is 25.4. The van der Waals surface area contributed by atoms with Crippen LogP contribution < -0.4 is 0 Å². The molecular weight excluding hydrogens is 707 g/mol. The summed E-state index contributed by atoms with van der Waals surface area (Å²) in [5.41, 5.74) is 0. The van der Waals surface area contributed by atoms with Gasteiger partial charge in [-0.25, -0.2) is 4.57 Å². The molecule has 0 aromatic heterocycles. The first-order valence-electron chi connectivity index (χ1n) is 19.4. The quantitative estimate of drug-likeness (QED) is 0.0213. The Labute approximate surface area is 316 Å². The van der Waals surface area contributed by atoms with Crippen molar-refractivity contribution in [2.24, 2.45) is 0 Å². The zero-order valence-electron chi connectivity index (χ0n) is 31.8. The summed E-state index contributed by atoms with van der Waals surface area (Å²) >= 11 is 0. The summed E-state index contributed by atoms with van der Waals surface area (Å²) in [6.45, 7) is 3.08. The van der Waals surface area contributed by atoms with Crippen LogP contribution in [0.2, 0.25) is 0 Å².